The van der Waals surface area contributed by atoms with Gasteiger partial charge in [0.1, 0.15) is 5.75 Å². The summed E-state index contributed by atoms with van der Waals surface area (Å²) in [4.78, 5) is 4.45. The highest BCUT2D eigenvalue weighted by Crippen LogP contribution is 2.33. The molecule has 0 amide bonds. The summed E-state index contributed by atoms with van der Waals surface area (Å²) in [5.41, 5.74) is 1.10. The van der Waals surface area contributed by atoms with E-state index in [4.69, 9.17) is 14.0 Å². The summed E-state index contributed by atoms with van der Waals surface area (Å²) in [6, 6.07) is 8.24. The number of ether oxygens (including phenoxy) is 2. The minimum absolute atomic E-state index is 0.135. The molecule has 0 atom stereocenters. The van der Waals surface area contributed by atoms with E-state index in [-0.39, 0.29) is 5.54 Å². The third-order valence-corrected chi connectivity index (χ3v) is 4.55. The van der Waals surface area contributed by atoms with Gasteiger partial charge in [0.15, 0.2) is 5.82 Å². The molecule has 1 aliphatic rings. The maximum atomic E-state index is 5.56. The van der Waals surface area contributed by atoms with Gasteiger partial charge in [-0.05, 0) is 37.0 Å². The molecular weight excluding hydrogens is 306 g/mol. The zero-order valence-corrected chi connectivity index (χ0v) is 14.4. The van der Waals surface area contributed by atoms with Gasteiger partial charge in [0, 0.05) is 25.2 Å². The second-order valence-corrected chi connectivity index (χ2v) is 6.13. The van der Waals surface area contributed by atoms with Crippen molar-refractivity contribution >= 4 is 0 Å². The average molecular weight is 331 g/mol. The second kappa shape index (κ2) is 7.77. The third-order valence-electron chi connectivity index (χ3n) is 4.55. The van der Waals surface area contributed by atoms with E-state index >= 15 is 0 Å². The molecule has 0 spiro atoms. The molecule has 1 fully saturated rings. The van der Waals surface area contributed by atoms with Crippen molar-refractivity contribution in [2.45, 2.75) is 44.7 Å². The summed E-state index contributed by atoms with van der Waals surface area (Å²) in [6.45, 7) is 4.14. The van der Waals surface area contributed by atoms with Crippen LogP contribution in [-0.4, -0.2) is 30.5 Å². The van der Waals surface area contributed by atoms with Crippen molar-refractivity contribution in [2.24, 2.45) is 0 Å². The summed E-state index contributed by atoms with van der Waals surface area (Å²) in [5.74, 6) is 2.28. The van der Waals surface area contributed by atoms with Gasteiger partial charge in [-0.2, -0.15) is 4.98 Å². The first-order valence-corrected chi connectivity index (χ1v) is 8.54. The standard InChI is InChI=1S/C18H25N3O3/c1-3-4-16-20-17(24-21-16)13-19-18(9-11-23-12-10-18)14-5-7-15(22-2)8-6-14/h5-8,19H,3-4,9-13H2,1-2H3. The summed E-state index contributed by atoms with van der Waals surface area (Å²) < 4.78 is 16.2. The van der Waals surface area contributed by atoms with Gasteiger partial charge in [0.25, 0.3) is 0 Å². The van der Waals surface area contributed by atoms with E-state index in [2.05, 4.69) is 34.5 Å². The Morgan fingerprint density at radius 2 is 1.96 bits per heavy atom. The molecule has 24 heavy (non-hydrogen) atoms. The molecule has 0 unspecified atom stereocenters. The Bertz CT molecular complexity index is 633. The van der Waals surface area contributed by atoms with Crippen molar-refractivity contribution in [3.05, 3.63) is 41.5 Å². The molecule has 0 radical (unpaired) electrons. The van der Waals surface area contributed by atoms with E-state index in [9.17, 15) is 0 Å². The van der Waals surface area contributed by atoms with Crippen LogP contribution in [0.3, 0.4) is 0 Å². The number of nitrogens with zero attached hydrogens (tertiary/aromatic N) is 2. The number of hydrogen-bond donors (Lipinski definition) is 1. The van der Waals surface area contributed by atoms with Crippen molar-refractivity contribution in [3.63, 3.8) is 0 Å². The molecule has 2 heterocycles. The topological polar surface area (TPSA) is 69.4 Å². The molecule has 2 aromatic rings. The summed E-state index contributed by atoms with van der Waals surface area (Å²) in [6.07, 6.45) is 3.69. The lowest BCUT2D eigenvalue weighted by Gasteiger charge is -2.38. The van der Waals surface area contributed by atoms with Crippen LogP contribution in [0, 0.1) is 0 Å². The van der Waals surface area contributed by atoms with Gasteiger partial charge in [0.05, 0.1) is 13.7 Å². The first-order chi connectivity index (χ1) is 11.8. The zero-order valence-electron chi connectivity index (χ0n) is 14.4. The molecule has 1 aromatic heterocycles. The lowest BCUT2D eigenvalue weighted by molar-refractivity contribution is 0.0346. The quantitative estimate of drug-likeness (QED) is 0.841. The number of benzene rings is 1. The number of aryl methyl sites for hydroxylation is 1. The Labute approximate surface area is 142 Å². The maximum Gasteiger partial charge on any atom is 0.240 e. The average Bonchev–Trinajstić information content (AvgIpc) is 3.09. The molecule has 0 saturated carbocycles. The normalized spacial score (nSPS) is 16.9. The smallest absolute Gasteiger partial charge is 0.240 e. The zero-order chi connectivity index (χ0) is 16.8. The summed E-state index contributed by atoms with van der Waals surface area (Å²) in [5, 5.41) is 7.66. The van der Waals surface area contributed by atoms with Crippen LogP contribution in [0.2, 0.25) is 0 Å². The highest BCUT2D eigenvalue weighted by Gasteiger charge is 2.34. The van der Waals surface area contributed by atoms with E-state index in [1.54, 1.807) is 7.11 Å². The van der Waals surface area contributed by atoms with Crippen LogP contribution >= 0.6 is 0 Å². The first kappa shape index (κ1) is 16.9. The largest absolute Gasteiger partial charge is 0.497 e. The first-order valence-electron chi connectivity index (χ1n) is 8.54. The number of nitrogens with one attached hydrogen (secondary N) is 1. The molecule has 130 valence electrons. The van der Waals surface area contributed by atoms with Crippen LogP contribution in [0.25, 0.3) is 0 Å². The molecular formula is C18H25N3O3. The number of methoxy groups -OCH3 is 1. The van der Waals surface area contributed by atoms with Crippen LogP contribution in [0.15, 0.2) is 28.8 Å². The van der Waals surface area contributed by atoms with Gasteiger partial charge in [0.2, 0.25) is 5.89 Å². The Kier molecular flexibility index (Phi) is 5.48. The van der Waals surface area contributed by atoms with E-state index < -0.39 is 0 Å². The molecule has 1 saturated heterocycles. The second-order valence-electron chi connectivity index (χ2n) is 6.13. The van der Waals surface area contributed by atoms with Crippen LogP contribution < -0.4 is 10.1 Å². The van der Waals surface area contributed by atoms with Gasteiger partial charge < -0.3 is 14.0 Å². The van der Waals surface area contributed by atoms with Gasteiger partial charge >= 0.3 is 0 Å². The van der Waals surface area contributed by atoms with E-state index in [1.165, 1.54) is 5.56 Å². The van der Waals surface area contributed by atoms with Gasteiger partial charge in [-0.3, -0.25) is 5.32 Å². The van der Waals surface area contributed by atoms with Crippen LogP contribution in [0.1, 0.15) is 43.5 Å². The fraction of sp³-hybridized carbons (Fsp3) is 0.556. The van der Waals surface area contributed by atoms with Crippen LogP contribution in [0.4, 0.5) is 0 Å². The van der Waals surface area contributed by atoms with Crippen molar-refractivity contribution in [1.29, 1.82) is 0 Å². The Morgan fingerprint density at radius 3 is 2.62 bits per heavy atom. The van der Waals surface area contributed by atoms with Gasteiger partial charge in [-0.15, -0.1) is 0 Å². The van der Waals surface area contributed by atoms with E-state index in [0.29, 0.717) is 12.4 Å². The fourth-order valence-electron chi connectivity index (χ4n) is 3.13. The van der Waals surface area contributed by atoms with Crippen molar-refractivity contribution in [3.8, 4) is 5.75 Å². The minimum atomic E-state index is -0.135. The molecule has 0 aliphatic carbocycles. The lowest BCUT2D eigenvalue weighted by atomic mass is 9.82. The Balaban J connectivity index is 1.74. The van der Waals surface area contributed by atoms with E-state index in [0.717, 1.165) is 50.5 Å². The van der Waals surface area contributed by atoms with E-state index in [1.807, 2.05) is 12.1 Å². The van der Waals surface area contributed by atoms with Gasteiger partial charge in [-0.1, -0.05) is 24.2 Å². The minimum Gasteiger partial charge on any atom is -0.497 e. The Morgan fingerprint density at radius 1 is 1.21 bits per heavy atom. The summed E-state index contributed by atoms with van der Waals surface area (Å²) >= 11 is 0. The maximum absolute atomic E-state index is 5.56. The lowest BCUT2D eigenvalue weighted by Crippen LogP contribution is -2.46. The van der Waals surface area contributed by atoms with Crippen molar-refractivity contribution in [2.75, 3.05) is 20.3 Å². The predicted molar refractivity (Wildman–Crippen MR) is 89.9 cm³/mol. The number of aromatic nitrogens is 2. The van der Waals surface area contributed by atoms with Crippen molar-refractivity contribution < 1.29 is 14.0 Å². The third kappa shape index (κ3) is 3.76. The molecule has 1 aliphatic heterocycles. The van der Waals surface area contributed by atoms with Crippen LogP contribution in [0.5, 0.6) is 5.75 Å². The number of hydrogen-bond acceptors (Lipinski definition) is 6. The highest BCUT2D eigenvalue weighted by atomic mass is 16.5. The Hall–Kier alpha value is -1.92. The molecule has 1 aromatic carbocycles. The molecule has 3 rings (SSSR count). The molecule has 6 nitrogen and oxygen atoms in total. The number of rotatable bonds is 7. The summed E-state index contributed by atoms with van der Waals surface area (Å²) in [7, 11) is 1.68. The monoisotopic (exact) mass is 331 g/mol. The van der Waals surface area contributed by atoms with Crippen molar-refractivity contribution in [1.82, 2.24) is 15.5 Å². The molecule has 6 heteroatoms. The predicted octanol–water partition coefficient (Wildman–Crippen LogP) is 2.83. The highest BCUT2D eigenvalue weighted by molar-refractivity contribution is 5.32. The van der Waals surface area contributed by atoms with Crippen LogP contribution in [-0.2, 0) is 23.2 Å². The SMILES string of the molecule is CCCc1noc(CNC2(c3ccc(OC)cc3)CCOCC2)n1. The molecule has 1 N–H and O–H groups in total. The van der Waals surface area contributed by atoms with Gasteiger partial charge in [-0.25, -0.2) is 0 Å². The fourth-order valence-corrected chi connectivity index (χ4v) is 3.13. The molecule has 0 bridgehead atoms.